The van der Waals surface area contributed by atoms with Crippen LogP contribution in [0.1, 0.15) is 17.7 Å². The number of hydrogen-bond donors (Lipinski definition) is 0. The SMILES string of the molecule is O=S(=O)(N1CCOCC1)N1CCN(c2cc3c(nn2)CCC3)CC1. The Labute approximate surface area is 142 Å². The van der Waals surface area contributed by atoms with E-state index in [4.69, 9.17) is 4.74 Å². The second-order valence-corrected chi connectivity index (χ2v) is 8.36. The van der Waals surface area contributed by atoms with Crippen molar-refractivity contribution < 1.29 is 13.2 Å². The molecule has 1 aromatic heterocycles. The van der Waals surface area contributed by atoms with E-state index in [0.29, 0.717) is 52.5 Å². The summed E-state index contributed by atoms with van der Waals surface area (Å²) in [5.74, 6) is 0.874. The number of fused-ring (bicyclic) bond motifs is 1. The fourth-order valence-electron chi connectivity index (χ4n) is 3.56. The quantitative estimate of drug-likeness (QED) is 0.740. The molecule has 0 aromatic carbocycles. The molecule has 0 unspecified atom stereocenters. The number of aromatic nitrogens is 2. The molecule has 4 rings (SSSR count). The fraction of sp³-hybridized carbons (Fsp3) is 0.733. The summed E-state index contributed by atoms with van der Waals surface area (Å²) in [6.07, 6.45) is 3.25. The van der Waals surface area contributed by atoms with Crippen molar-refractivity contribution >= 4 is 16.0 Å². The lowest BCUT2D eigenvalue weighted by atomic mass is 10.2. The molecular formula is C15H23N5O3S. The largest absolute Gasteiger partial charge is 0.379 e. The summed E-state index contributed by atoms with van der Waals surface area (Å²) in [6.45, 7) is 4.11. The normalized spacial score (nSPS) is 23.4. The highest BCUT2D eigenvalue weighted by molar-refractivity contribution is 7.86. The van der Waals surface area contributed by atoms with Gasteiger partial charge in [0.25, 0.3) is 10.2 Å². The van der Waals surface area contributed by atoms with Crippen molar-refractivity contribution in [3.63, 3.8) is 0 Å². The molecule has 8 nitrogen and oxygen atoms in total. The van der Waals surface area contributed by atoms with Gasteiger partial charge in [-0.05, 0) is 30.9 Å². The lowest BCUT2D eigenvalue weighted by Crippen LogP contribution is -2.55. The van der Waals surface area contributed by atoms with Crippen LogP contribution in [0.15, 0.2) is 6.07 Å². The van der Waals surface area contributed by atoms with Gasteiger partial charge in [-0.2, -0.15) is 22.1 Å². The number of morpholine rings is 1. The number of hydrogen-bond acceptors (Lipinski definition) is 6. The van der Waals surface area contributed by atoms with Crippen LogP contribution in [0.3, 0.4) is 0 Å². The zero-order valence-corrected chi connectivity index (χ0v) is 14.5. The maximum absolute atomic E-state index is 12.7. The summed E-state index contributed by atoms with van der Waals surface area (Å²) in [5, 5.41) is 8.66. The van der Waals surface area contributed by atoms with Crippen LogP contribution >= 0.6 is 0 Å². The van der Waals surface area contributed by atoms with Crippen molar-refractivity contribution in [2.24, 2.45) is 0 Å². The molecule has 1 aliphatic carbocycles. The predicted octanol–water partition coefficient (Wildman–Crippen LogP) is -0.336. The first-order valence-electron chi connectivity index (χ1n) is 8.58. The molecule has 1 aromatic rings. The van der Waals surface area contributed by atoms with Gasteiger partial charge in [-0.1, -0.05) is 0 Å². The Hall–Kier alpha value is -1.29. The van der Waals surface area contributed by atoms with E-state index in [1.165, 1.54) is 9.87 Å². The van der Waals surface area contributed by atoms with Crippen molar-refractivity contribution in [2.45, 2.75) is 19.3 Å². The first-order valence-corrected chi connectivity index (χ1v) is 9.98. The molecule has 3 heterocycles. The fourth-order valence-corrected chi connectivity index (χ4v) is 5.12. The van der Waals surface area contributed by atoms with Gasteiger partial charge in [0, 0.05) is 39.3 Å². The van der Waals surface area contributed by atoms with Crippen molar-refractivity contribution in [3.8, 4) is 0 Å². The van der Waals surface area contributed by atoms with Crippen molar-refractivity contribution in [1.82, 2.24) is 18.8 Å². The number of ether oxygens (including phenoxy) is 1. The summed E-state index contributed by atoms with van der Waals surface area (Å²) in [7, 11) is -3.38. The predicted molar refractivity (Wildman–Crippen MR) is 89.2 cm³/mol. The zero-order chi connectivity index (χ0) is 16.6. The van der Waals surface area contributed by atoms with Crippen molar-refractivity contribution in [2.75, 3.05) is 57.4 Å². The van der Waals surface area contributed by atoms with E-state index in [-0.39, 0.29) is 0 Å². The Bertz CT molecular complexity index is 697. The van der Waals surface area contributed by atoms with Crippen molar-refractivity contribution in [1.29, 1.82) is 0 Å². The molecule has 0 N–H and O–H groups in total. The van der Waals surface area contributed by atoms with Gasteiger partial charge in [-0.25, -0.2) is 0 Å². The molecule has 0 radical (unpaired) electrons. The standard InChI is InChI=1S/C15H23N5O3S/c21-24(22,20-8-10-23-11-9-20)19-6-4-18(5-7-19)15-12-13-2-1-3-14(13)16-17-15/h12H,1-11H2. The minimum absolute atomic E-state index is 0.443. The molecule has 2 fully saturated rings. The minimum Gasteiger partial charge on any atom is -0.379 e. The highest BCUT2D eigenvalue weighted by Crippen LogP contribution is 2.24. The highest BCUT2D eigenvalue weighted by Gasteiger charge is 2.33. The zero-order valence-electron chi connectivity index (χ0n) is 13.7. The lowest BCUT2D eigenvalue weighted by Gasteiger charge is -2.37. The molecular weight excluding hydrogens is 330 g/mol. The summed E-state index contributed by atoms with van der Waals surface area (Å²) < 4.78 is 33.7. The molecule has 0 bridgehead atoms. The monoisotopic (exact) mass is 353 g/mol. The minimum atomic E-state index is -3.38. The summed E-state index contributed by atoms with van der Waals surface area (Å²) in [4.78, 5) is 2.14. The first-order chi connectivity index (χ1) is 11.6. The van der Waals surface area contributed by atoms with E-state index in [1.54, 1.807) is 4.31 Å². The second kappa shape index (κ2) is 6.55. The van der Waals surface area contributed by atoms with Crippen LogP contribution in [-0.4, -0.2) is 79.7 Å². The van der Waals surface area contributed by atoms with Gasteiger partial charge in [-0.15, -0.1) is 5.10 Å². The average molecular weight is 353 g/mol. The van der Waals surface area contributed by atoms with E-state index in [2.05, 4.69) is 21.2 Å². The smallest absolute Gasteiger partial charge is 0.282 e. The number of rotatable bonds is 3. The molecule has 132 valence electrons. The van der Waals surface area contributed by atoms with Crippen LogP contribution in [0.5, 0.6) is 0 Å². The third kappa shape index (κ3) is 3.01. The molecule has 24 heavy (non-hydrogen) atoms. The Balaban J connectivity index is 1.41. The second-order valence-electron chi connectivity index (χ2n) is 6.43. The van der Waals surface area contributed by atoms with Gasteiger partial charge >= 0.3 is 0 Å². The number of aryl methyl sites for hydroxylation is 2. The van der Waals surface area contributed by atoms with Crippen LogP contribution in [0.25, 0.3) is 0 Å². The molecule has 9 heteroatoms. The Morgan fingerprint density at radius 2 is 1.62 bits per heavy atom. The third-order valence-electron chi connectivity index (χ3n) is 4.99. The molecule has 2 saturated heterocycles. The van der Waals surface area contributed by atoms with E-state index in [9.17, 15) is 8.42 Å². The van der Waals surface area contributed by atoms with Crippen LogP contribution in [0, 0.1) is 0 Å². The first kappa shape index (κ1) is 16.2. The summed E-state index contributed by atoms with van der Waals surface area (Å²) >= 11 is 0. The number of nitrogens with zero attached hydrogens (tertiary/aromatic N) is 5. The lowest BCUT2D eigenvalue weighted by molar-refractivity contribution is 0.0700. The van der Waals surface area contributed by atoms with Gasteiger partial charge in [0.1, 0.15) is 0 Å². The topological polar surface area (TPSA) is 78.9 Å². The van der Waals surface area contributed by atoms with Crippen LogP contribution < -0.4 is 4.90 Å². The molecule has 0 atom stereocenters. The van der Waals surface area contributed by atoms with E-state index >= 15 is 0 Å². The van der Waals surface area contributed by atoms with Crippen LogP contribution in [-0.2, 0) is 27.8 Å². The van der Waals surface area contributed by atoms with E-state index in [1.807, 2.05) is 0 Å². The Kier molecular flexibility index (Phi) is 4.42. The maximum Gasteiger partial charge on any atom is 0.282 e. The molecule has 2 aliphatic heterocycles. The van der Waals surface area contributed by atoms with Gasteiger partial charge < -0.3 is 9.64 Å². The summed E-state index contributed by atoms with van der Waals surface area (Å²) in [6, 6.07) is 2.13. The van der Waals surface area contributed by atoms with E-state index in [0.717, 1.165) is 30.8 Å². The number of anilines is 1. The van der Waals surface area contributed by atoms with Gasteiger partial charge in [0.15, 0.2) is 5.82 Å². The molecule has 0 saturated carbocycles. The third-order valence-corrected chi connectivity index (χ3v) is 7.03. The van der Waals surface area contributed by atoms with Crippen LogP contribution in [0.2, 0.25) is 0 Å². The number of piperazine rings is 1. The Morgan fingerprint density at radius 3 is 2.38 bits per heavy atom. The van der Waals surface area contributed by atoms with Gasteiger partial charge in [0.05, 0.1) is 18.9 Å². The highest BCUT2D eigenvalue weighted by atomic mass is 32.2. The maximum atomic E-state index is 12.7. The van der Waals surface area contributed by atoms with E-state index < -0.39 is 10.2 Å². The Morgan fingerprint density at radius 1 is 0.917 bits per heavy atom. The van der Waals surface area contributed by atoms with Crippen molar-refractivity contribution in [3.05, 3.63) is 17.3 Å². The average Bonchev–Trinajstić information content (AvgIpc) is 3.10. The molecule has 0 spiro atoms. The van der Waals surface area contributed by atoms with Crippen LogP contribution in [0.4, 0.5) is 5.82 Å². The van der Waals surface area contributed by atoms with Gasteiger partial charge in [-0.3, -0.25) is 0 Å². The summed E-state index contributed by atoms with van der Waals surface area (Å²) in [5.41, 5.74) is 2.41. The molecule has 3 aliphatic rings. The molecule has 0 amide bonds. The van der Waals surface area contributed by atoms with Gasteiger partial charge in [0.2, 0.25) is 0 Å².